The fourth-order valence-corrected chi connectivity index (χ4v) is 7.40. The van der Waals surface area contributed by atoms with E-state index in [1.807, 2.05) is 48.0 Å². The SMILES string of the molecule is CCOC(=O)CC1c2ccc(OC)c(c2)[C@H](C)N2Cc3cc(ccc3OS2(=O)=O)OCCCCn2nnc3c(C)c1ccc32. The number of methoxy groups -OCH3 is 1. The Morgan fingerprint density at radius 3 is 2.73 bits per heavy atom. The van der Waals surface area contributed by atoms with Gasteiger partial charge in [0.15, 0.2) is 0 Å². The van der Waals surface area contributed by atoms with Gasteiger partial charge in [-0.2, -0.15) is 12.7 Å². The fourth-order valence-electron chi connectivity index (χ4n) is 6.11. The summed E-state index contributed by atoms with van der Waals surface area (Å²) in [6.07, 6.45) is 1.71. The molecule has 1 aromatic heterocycles. The van der Waals surface area contributed by atoms with Crippen LogP contribution in [0.25, 0.3) is 11.0 Å². The van der Waals surface area contributed by atoms with E-state index < -0.39 is 16.3 Å². The van der Waals surface area contributed by atoms with Crippen molar-refractivity contribution >= 4 is 27.3 Å². The Balaban J connectivity index is 1.51. The predicted octanol–water partition coefficient (Wildman–Crippen LogP) is 5.21. The number of hydrogen-bond donors (Lipinski definition) is 0. The molecule has 11 nitrogen and oxygen atoms in total. The molecule has 0 fully saturated rings. The number of fused-ring (bicyclic) bond motifs is 5. The Hall–Kier alpha value is -4.16. The number of carbonyl (C=O) groups excluding carboxylic acids is 1. The van der Waals surface area contributed by atoms with Crippen molar-refractivity contribution in [2.75, 3.05) is 20.3 Å². The Morgan fingerprint density at radius 1 is 1.09 bits per heavy atom. The fraction of sp³-hybridized carbons (Fsp3) is 0.406. The highest BCUT2D eigenvalue weighted by Crippen LogP contribution is 2.41. The van der Waals surface area contributed by atoms with Crippen molar-refractivity contribution in [3.05, 3.63) is 76.3 Å². The summed E-state index contributed by atoms with van der Waals surface area (Å²) < 4.78 is 52.7. The molecule has 4 aromatic rings. The van der Waals surface area contributed by atoms with Gasteiger partial charge < -0.3 is 18.4 Å². The topological polar surface area (TPSA) is 122 Å². The predicted molar refractivity (Wildman–Crippen MR) is 163 cm³/mol. The van der Waals surface area contributed by atoms with Crippen LogP contribution in [0.3, 0.4) is 0 Å². The largest absolute Gasteiger partial charge is 0.496 e. The third-order valence-electron chi connectivity index (χ3n) is 8.45. The molecule has 12 heteroatoms. The van der Waals surface area contributed by atoms with Crippen LogP contribution in [0.1, 0.15) is 72.9 Å². The molecule has 3 atom stereocenters. The van der Waals surface area contributed by atoms with E-state index in [9.17, 15) is 13.2 Å². The van der Waals surface area contributed by atoms with E-state index in [0.717, 1.165) is 40.6 Å². The van der Waals surface area contributed by atoms with Crippen LogP contribution in [0.2, 0.25) is 0 Å². The third-order valence-corrected chi connectivity index (χ3v) is 9.86. The van der Waals surface area contributed by atoms with Crippen molar-refractivity contribution in [2.45, 2.75) is 65.1 Å². The average molecular weight is 621 g/mol. The summed E-state index contributed by atoms with van der Waals surface area (Å²) in [6.45, 7) is 7.11. The summed E-state index contributed by atoms with van der Waals surface area (Å²) in [4.78, 5) is 12.9. The number of esters is 1. The van der Waals surface area contributed by atoms with Crippen molar-refractivity contribution < 1.29 is 31.6 Å². The molecular weight excluding hydrogens is 584 g/mol. The highest BCUT2D eigenvalue weighted by atomic mass is 32.2. The lowest BCUT2D eigenvalue weighted by Gasteiger charge is -2.33. The zero-order valence-corrected chi connectivity index (χ0v) is 26.1. The molecule has 0 spiro atoms. The summed E-state index contributed by atoms with van der Waals surface area (Å²) >= 11 is 0. The maximum absolute atomic E-state index is 13.4. The van der Waals surface area contributed by atoms with E-state index >= 15 is 0 Å². The van der Waals surface area contributed by atoms with Gasteiger partial charge >= 0.3 is 16.3 Å². The number of carbonyl (C=O) groups is 1. The van der Waals surface area contributed by atoms with Crippen LogP contribution >= 0.6 is 0 Å². The lowest BCUT2D eigenvalue weighted by molar-refractivity contribution is -0.143. The van der Waals surface area contributed by atoms with Gasteiger partial charge in [0.05, 0.1) is 38.3 Å². The summed E-state index contributed by atoms with van der Waals surface area (Å²) in [7, 11) is -2.58. The normalized spacial score (nSPS) is 21.0. The van der Waals surface area contributed by atoms with Gasteiger partial charge in [0.2, 0.25) is 0 Å². The van der Waals surface area contributed by atoms with Gasteiger partial charge in [0.1, 0.15) is 22.8 Å². The van der Waals surface area contributed by atoms with E-state index in [2.05, 4.69) is 10.3 Å². The first-order valence-electron chi connectivity index (χ1n) is 14.8. The third kappa shape index (κ3) is 5.59. The molecule has 0 aliphatic carbocycles. The molecule has 2 unspecified atom stereocenters. The van der Waals surface area contributed by atoms with Crippen molar-refractivity contribution in [3.8, 4) is 17.2 Å². The number of nitrogens with zero attached hydrogens (tertiary/aromatic N) is 4. The monoisotopic (exact) mass is 620 g/mol. The standard InChI is InChI=1S/C32H36N4O7S/c1-5-41-31(37)18-27-22-8-12-30(40-4)26(17-22)21(3)36-19-23-16-24(9-13-29(23)43-44(36,38)39)42-15-7-6-14-35-28-11-10-25(27)20(2)32(28)33-34-35/h8-13,16-17,21,27H,5-7,14-15,18-19H2,1-4H3/t21-,27?/m0/s1. The van der Waals surface area contributed by atoms with Crippen LogP contribution in [0.4, 0.5) is 0 Å². The Bertz CT molecular complexity index is 1820. The highest BCUT2D eigenvalue weighted by molar-refractivity contribution is 7.84. The van der Waals surface area contributed by atoms with Gasteiger partial charge in [-0.3, -0.25) is 4.79 Å². The summed E-state index contributed by atoms with van der Waals surface area (Å²) in [5, 5.41) is 8.95. The van der Waals surface area contributed by atoms with E-state index in [0.29, 0.717) is 35.8 Å². The average Bonchev–Trinajstić information content (AvgIpc) is 3.42. The van der Waals surface area contributed by atoms with Gasteiger partial charge in [0, 0.05) is 30.1 Å². The second-order valence-corrected chi connectivity index (χ2v) is 12.6. The molecule has 3 aromatic carbocycles. The van der Waals surface area contributed by atoms with Crippen LogP contribution in [-0.2, 0) is 32.9 Å². The summed E-state index contributed by atoms with van der Waals surface area (Å²) in [5.41, 5.74) is 5.69. The van der Waals surface area contributed by atoms with Crippen LogP contribution in [0.15, 0.2) is 48.5 Å². The molecule has 0 saturated carbocycles. The van der Waals surface area contributed by atoms with Crippen molar-refractivity contribution in [3.63, 3.8) is 0 Å². The number of benzene rings is 3. The van der Waals surface area contributed by atoms with Crippen LogP contribution in [0.5, 0.6) is 17.2 Å². The summed E-state index contributed by atoms with van der Waals surface area (Å²) in [5.74, 6) is 0.727. The second-order valence-electron chi connectivity index (χ2n) is 11.1. The Morgan fingerprint density at radius 2 is 1.93 bits per heavy atom. The zero-order chi connectivity index (χ0) is 31.0. The maximum atomic E-state index is 13.4. The zero-order valence-electron chi connectivity index (χ0n) is 25.3. The van der Waals surface area contributed by atoms with E-state index in [1.165, 1.54) is 4.31 Å². The number of hydrogen-bond acceptors (Lipinski definition) is 9. The Labute approximate surface area is 256 Å². The first kappa shape index (κ1) is 29.9. The number of rotatable bonds is 4. The van der Waals surface area contributed by atoms with Crippen molar-refractivity contribution in [1.29, 1.82) is 0 Å². The van der Waals surface area contributed by atoms with E-state index in [-0.39, 0.29) is 37.2 Å². The van der Waals surface area contributed by atoms with Crippen LogP contribution in [-0.4, -0.2) is 54.0 Å². The second kappa shape index (κ2) is 12.1. The first-order chi connectivity index (χ1) is 21.2. The molecule has 0 N–H and O–H groups in total. The lowest BCUT2D eigenvalue weighted by Crippen LogP contribution is -2.39. The van der Waals surface area contributed by atoms with Gasteiger partial charge in [-0.15, -0.1) is 5.10 Å². The summed E-state index contributed by atoms with van der Waals surface area (Å²) in [6, 6.07) is 14.2. The molecule has 3 aliphatic heterocycles. The molecular formula is C32H36N4O7S. The molecule has 44 heavy (non-hydrogen) atoms. The quantitative estimate of drug-likeness (QED) is 0.283. The van der Waals surface area contributed by atoms with Gasteiger partial charge in [0.25, 0.3) is 0 Å². The number of aromatic nitrogens is 3. The first-order valence-corrected chi connectivity index (χ1v) is 16.2. The number of ether oxygens (including phenoxy) is 3. The number of aryl methyl sites for hydroxylation is 2. The molecule has 9 bridgehead atoms. The molecule has 0 saturated heterocycles. The molecule has 232 valence electrons. The van der Waals surface area contributed by atoms with Gasteiger partial charge in [-0.05, 0) is 86.7 Å². The van der Waals surface area contributed by atoms with Crippen molar-refractivity contribution in [1.82, 2.24) is 19.3 Å². The highest BCUT2D eigenvalue weighted by Gasteiger charge is 2.37. The smallest absolute Gasteiger partial charge is 0.386 e. The minimum atomic E-state index is -4.13. The minimum absolute atomic E-state index is 0.0930. The van der Waals surface area contributed by atoms with E-state index in [1.54, 1.807) is 33.1 Å². The molecule has 7 rings (SSSR count). The van der Waals surface area contributed by atoms with Crippen LogP contribution < -0.4 is 13.7 Å². The molecule has 4 heterocycles. The van der Waals surface area contributed by atoms with Crippen molar-refractivity contribution in [2.24, 2.45) is 0 Å². The molecule has 0 amide bonds. The lowest BCUT2D eigenvalue weighted by atomic mass is 9.84. The minimum Gasteiger partial charge on any atom is -0.496 e. The van der Waals surface area contributed by atoms with Crippen LogP contribution in [0, 0.1) is 6.92 Å². The Kier molecular flexibility index (Phi) is 8.21. The molecule has 3 aliphatic rings. The van der Waals surface area contributed by atoms with Gasteiger partial charge in [-0.1, -0.05) is 17.3 Å². The van der Waals surface area contributed by atoms with Gasteiger partial charge in [-0.25, -0.2) is 4.68 Å². The maximum Gasteiger partial charge on any atom is 0.386 e. The molecule has 0 radical (unpaired) electrons. The van der Waals surface area contributed by atoms with E-state index in [4.69, 9.17) is 18.4 Å².